The van der Waals surface area contributed by atoms with Crippen LogP contribution in [0.4, 0.5) is 0 Å². The quantitative estimate of drug-likeness (QED) is 0.606. The van der Waals surface area contributed by atoms with E-state index in [2.05, 4.69) is 0 Å². The SMILES string of the molecule is CC1CN(C(=O)CN(C)CCOCCO)CCO1. The van der Waals surface area contributed by atoms with Gasteiger partial charge in [-0.3, -0.25) is 9.69 Å². The fourth-order valence-corrected chi connectivity index (χ4v) is 1.84. The van der Waals surface area contributed by atoms with Gasteiger partial charge in [0.1, 0.15) is 0 Å². The summed E-state index contributed by atoms with van der Waals surface area (Å²) in [6.45, 7) is 5.95. The van der Waals surface area contributed by atoms with Gasteiger partial charge < -0.3 is 19.5 Å². The maximum atomic E-state index is 12.0. The largest absolute Gasteiger partial charge is 0.394 e. The van der Waals surface area contributed by atoms with Gasteiger partial charge in [0.05, 0.1) is 39.1 Å². The Morgan fingerprint density at radius 3 is 3.00 bits per heavy atom. The van der Waals surface area contributed by atoms with Gasteiger partial charge in [-0.25, -0.2) is 0 Å². The highest BCUT2D eigenvalue weighted by Gasteiger charge is 2.21. The molecule has 1 fully saturated rings. The number of aliphatic hydroxyl groups is 1. The van der Waals surface area contributed by atoms with Crippen LogP contribution in [0.25, 0.3) is 0 Å². The van der Waals surface area contributed by atoms with E-state index >= 15 is 0 Å². The normalized spacial score (nSPS) is 20.4. The first-order chi connectivity index (χ1) is 8.63. The van der Waals surface area contributed by atoms with E-state index in [1.807, 2.05) is 23.8 Å². The molecule has 0 aromatic carbocycles. The van der Waals surface area contributed by atoms with E-state index in [-0.39, 0.29) is 18.6 Å². The molecule has 0 bridgehead atoms. The number of hydrogen-bond acceptors (Lipinski definition) is 5. The molecule has 18 heavy (non-hydrogen) atoms. The molecule has 1 amide bonds. The fourth-order valence-electron chi connectivity index (χ4n) is 1.84. The monoisotopic (exact) mass is 260 g/mol. The Kier molecular flexibility index (Phi) is 7.19. The van der Waals surface area contributed by atoms with E-state index < -0.39 is 0 Å². The number of amides is 1. The van der Waals surface area contributed by atoms with Crippen LogP contribution in [0.1, 0.15) is 6.92 Å². The van der Waals surface area contributed by atoms with E-state index in [0.717, 1.165) is 0 Å². The zero-order valence-electron chi connectivity index (χ0n) is 11.3. The first kappa shape index (κ1) is 15.4. The molecule has 1 heterocycles. The summed E-state index contributed by atoms with van der Waals surface area (Å²) >= 11 is 0. The molecule has 1 unspecified atom stereocenters. The summed E-state index contributed by atoms with van der Waals surface area (Å²) in [6, 6.07) is 0. The highest BCUT2D eigenvalue weighted by atomic mass is 16.5. The molecule has 1 aliphatic heterocycles. The van der Waals surface area contributed by atoms with Crippen LogP contribution in [0.2, 0.25) is 0 Å². The van der Waals surface area contributed by atoms with Gasteiger partial charge in [0.2, 0.25) is 5.91 Å². The topological polar surface area (TPSA) is 62.2 Å². The third-order valence-corrected chi connectivity index (χ3v) is 2.85. The Balaban J connectivity index is 2.17. The van der Waals surface area contributed by atoms with Crippen molar-refractivity contribution in [3.8, 4) is 0 Å². The summed E-state index contributed by atoms with van der Waals surface area (Å²) in [5, 5.41) is 8.56. The number of carbonyl (C=O) groups excluding carboxylic acids is 1. The lowest BCUT2D eigenvalue weighted by molar-refractivity contribution is -0.139. The van der Waals surface area contributed by atoms with Gasteiger partial charge >= 0.3 is 0 Å². The minimum Gasteiger partial charge on any atom is -0.394 e. The summed E-state index contributed by atoms with van der Waals surface area (Å²) in [4.78, 5) is 15.8. The van der Waals surface area contributed by atoms with E-state index in [1.54, 1.807) is 0 Å². The number of hydrogen-bond donors (Lipinski definition) is 1. The van der Waals surface area contributed by atoms with Gasteiger partial charge in [0, 0.05) is 19.6 Å². The molecule has 0 saturated carbocycles. The number of likely N-dealkylation sites (N-methyl/N-ethyl adjacent to an activating group) is 1. The number of carbonyl (C=O) groups is 1. The number of rotatable bonds is 7. The van der Waals surface area contributed by atoms with Gasteiger partial charge in [-0.05, 0) is 14.0 Å². The Morgan fingerprint density at radius 2 is 2.33 bits per heavy atom. The van der Waals surface area contributed by atoms with Crippen molar-refractivity contribution in [1.29, 1.82) is 0 Å². The molecule has 106 valence electrons. The maximum Gasteiger partial charge on any atom is 0.236 e. The van der Waals surface area contributed by atoms with Crippen LogP contribution >= 0.6 is 0 Å². The van der Waals surface area contributed by atoms with Crippen LogP contribution in [0.5, 0.6) is 0 Å². The van der Waals surface area contributed by atoms with Gasteiger partial charge in [-0.1, -0.05) is 0 Å². The van der Waals surface area contributed by atoms with Crippen LogP contribution in [0.3, 0.4) is 0 Å². The average molecular weight is 260 g/mol. The standard InChI is InChI=1S/C12H24N2O4/c1-11-9-14(4-7-18-11)12(16)10-13(2)3-6-17-8-5-15/h11,15H,3-10H2,1-2H3. The van der Waals surface area contributed by atoms with E-state index in [0.29, 0.717) is 46.0 Å². The number of aliphatic hydroxyl groups excluding tert-OH is 1. The van der Waals surface area contributed by atoms with Crippen molar-refractivity contribution in [3.05, 3.63) is 0 Å². The van der Waals surface area contributed by atoms with Crippen molar-refractivity contribution in [3.63, 3.8) is 0 Å². The van der Waals surface area contributed by atoms with Gasteiger partial charge in [0.15, 0.2) is 0 Å². The predicted octanol–water partition coefficient (Wildman–Crippen LogP) is -0.826. The molecule has 6 heteroatoms. The Morgan fingerprint density at radius 1 is 1.56 bits per heavy atom. The highest BCUT2D eigenvalue weighted by Crippen LogP contribution is 2.04. The molecule has 0 aliphatic carbocycles. The van der Waals surface area contributed by atoms with Crippen molar-refractivity contribution in [2.45, 2.75) is 13.0 Å². The maximum absolute atomic E-state index is 12.0. The summed E-state index contributed by atoms with van der Waals surface area (Å²) in [5.41, 5.74) is 0. The minimum atomic E-state index is 0.0360. The molecule has 0 spiro atoms. The zero-order chi connectivity index (χ0) is 13.4. The lowest BCUT2D eigenvalue weighted by Crippen LogP contribution is -2.48. The van der Waals surface area contributed by atoms with Crippen molar-refractivity contribution in [1.82, 2.24) is 9.80 Å². The van der Waals surface area contributed by atoms with Gasteiger partial charge in [0.25, 0.3) is 0 Å². The summed E-state index contributed by atoms with van der Waals surface area (Å²) in [5.74, 6) is 0.134. The van der Waals surface area contributed by atoms with E-state index in [1.165, 1.54) is 0 Å². The first-order valence-corrected chi connectivity index (χ1v) is 6.40. The van der Waals surface area contributed by atoms with Crippen molar-refractivity contribution in [2.75, 3.05) is 59.7 Å². The first-order valence-electron chi connectivity index (χ1n) is 6.40. The second-order valence-corrected chi connectivity index (χ2v) is 4.59. The Hall–Kier alpha value is -0.690. The third kappa shape index (κ3) is 5.77. The van der Waals surface area contributed by atoms with Crippen LogP contribution in [-0.4, -0.2) is 86.6 Å². The van der Waals surface area contributed by atoms with Crippen LogP contribution in [-0.2, 0) is 14.3 Å². The van der Waals surface area contributed by atoms with E-state index in [4.69, 9.17) is 14.6 Å². The fraction of sp³-hybridized carbons (Fsp3) is 0.917. The van der Waals surface area contributed by atoms with Crippen molar-refractivity contribution in [2.24, 2.45) is 0 Å². The number of morpholine rings is 1. The third-order valence-electron chi connectivity index (χ3n) is 2.85. The van der Waals surface area contributed by atoms with Crippen LogP contribution < -0.4 is 0 Å². The summed E-state index contributed by atoms with van der Waals surface area (Å²) < 4.78 is 10.6. The molecule has 0 aromatic heterocycles. The predicted molar refractivity (Wildman–Crippen MR) is 67.4 cm³/mol. The Labute approximate surface area is 108 Å². The molecule has 6 nitrogen and oxygen atoms in total. The molecular weight excluding hydrogens is 236 g/mol. The smallest absolute Gasteiger partial charge is 0.236 e. The van der Waals surface area contributed by atoms with E-state index in [9.17, 15) is 4.79 Å². The number of ether oxygens (including phenoxy) is 2. The zero-order valence-corrected chi connectivity index (χ0v) is 11.3. The lowest BCUT2D eigenvalue weighted by atomic mass is 10.3. The summed E-state index contributed by atoms with van der Waals surface area (Å²) in [7, 11) is 1.89. The Bertz CT molecular complexity index is 250. The highest BCUT2D eigenvalue weighted by molar-refractivity contribution is 5.78. The van der Waals surface area contributed by atoms with Crippen LogP contribution in [0.15, 0.2) is 0 Å². The molecule has 1 aliphatic rings. The molecular formula is C12H24N2O4. The van der Waals surface area contributed by atoms with Gasteiger partial charge in [-0.15, -0.1) is 0 Å². The summed E-state index contributed by atoms with van der Waals surface area (Å²) in [6.07, 6.45) is 0.126. The molecule has 0 radical (unpaired) electrons. The molecule has 1 N–H and O–H groups in total. The average Bonchev–Trinajstić information content (AvgIpc) is 2.34. The van der Waals surface area contributed by atoms with Gasteiger partial charge in [-0.2, -0.15) is 0 Å². The molecule has 1 saturated heterocycles. The molecule has 0 aromatic rings. The van der Waals surface area contributed by atoms with Crippen molar-refractivity contribution >= 4 is 5.91 Å². The lowest BCUT2D eigenvalue weighted by Gasteiger charge is -2.32. The van der Waals surface area contributed by atoms with Crippen LogP contribution in [0, 0.1) is 0 Å². The molecule has 1 atom stereocenters. The minimum absolute atomic E-state index is 0.0360. The molecule has 1 rings (SSSR count). The second-order valence-electron chi connectivity index (χ2n) is 4.59. The van der Waals surface area contributed by atoms with Crippen molar-refractivity contribution < 1.29 is 19.4 Å². The second kappa shape index (κ2) is 8.42. The number of nitrogens with zero attached hydrogens (tertiary/aromatic N) is 2.